The molecule has 23 heavy (non-hydrogen) atoms. The molecule has 0 spiro atoms. The molecule has 0 saturated carbocycles. The Morgan fingerprint density at radius 3 is 2.91 bits per heavy atom. The fourth-order valence-corrected chi connectivity index (χ4v) is 2.74. The van der Waals surface area contributed by atoms with Crippen molar-refractivity contribution in [3.8, 4) is 0 Å². The number of nitrogens with zero attached hydrogens (tertiary/aromatic N) is 5. The number of pyridine rings is 1. The third kappa shape index (κ3) is 4.06. The average molecular weight is 313 g/mol. The molecule has 0 atom stereocenters. The zero-order valence-corrected chi connectivity index (χ0v) is 13.5. The highest BCUT2D eigenvalue weighted by Crippen LogP contribution is 2.14. The lowest BCUT2D eigenvalue weighted by atomic mass is 10.2. The minimum atomic E-state index is 0.620. The third-order valence-electron chi connectivity index (χ3n) is 3.99. The van der Waals surface area contributed by atoms with E-state index in [1.807, 2.05) is 18.2 Å². The normalized spacial score (nSPS) is 14.9. The van der Waals surface area contributed by atoms with Crippen LogP contribution in [0.25, 0.3) is 0 Å². The van der Waals surface area contributed by atoms with Gasteiger partial charge in [-0.05, 0) is 25.0 Å². The van der Waals surface area contributed by atoms with E-state index in [9.17, 15) is 0 Å². The molecule has 3 rings (SSSR count). The van der Waals surface area contributed by atoms with E-state index in [1.54, 1.807) is 13.2 Å². The first kappa shape index (κ1) is 15.5. The molecule has 2 aromatic rings. The zero-order chi connectivity index (χ0) is 15.9. The summed E-state index contributed by atoms with van der Waals surface area (Å²) >= 11 is 0. The summed E-state index contributed by atoms with van der Waals surface area (Å²) in [5.74, 6) is 2.82. The summed E-state index contributed by atoms with van der Waals surface area (Å²) in [7, 11) is 1.76. The van der Waals surface area contributed by atoms with Crippen LogP contribution in [0, 0.1) is 0 Å². The number of rotatable bonds is 4. The molecule has 2 aromatic heterocycles. The summed E-state index contributed by atoms with van der Waals surface area (Å²) in [5, 5.41) is 15.2. The number of fused-ring (bicyclic) bond motifs is 1. The maximum absolute atomic E-state index is 4.32. The lowest BCUT2D eigenvalue weighted by molar-refractivity contribution is 0.596. The van der Waals surface area contributed by atoms with E-state index in [1.165, 1.54) is 19.3 Å². The zero-order valence-electron chi connectivity index (χ0n) is 13.5. The van der Waals surface area contributed by atoms with Gasteiger partial charge in [-0.25, -0.2) is 0 Å². The van der Waals surface area contributed by atoms with Gasteiger partial charge >= 0.3 is 0 Å². The average Bonchev–Trinajstić information content (AvgIpc) is 2.83. The highest BCUT2D eigenvalue weighted by Gasteiger charge is 2.14. The first-order chi connectivity index (χ1) is 11.4. The van der Waals surface area contributed by atoms with Crippen LogP contribution in [-0.4, -0.2) is 32.8 Å². The Morgan fingerprint density at radius 1 is 1.17 bits per heavy atom. The topological polar surface area (TPSA) is 80.0 Å². The first-order valence-electron chi connectivity index (χ1n) is 8.12. The molecule has 0 radical (unpaired) electrons. The molecule has 0 fully saturated rings. The van der Waals surface area contributed by atoms with Gasteiger partial charge in [0.15, 0.2) is 11.8 Å². The van der Waals surface area contributed by atoms with Gasteiger partial charge in [0.1, 0.15) is 5.82 Å². The molecule has 0 saturated heterocycles. The second-order valence-electron chi connectivity index (χ2n) is 5.60. The van der Waals surface area contributed by atoms with Crippen molar-refractivity contribution in [2.45, 2.75) is 45.3 Å². The van der Waals surface area contributed by atoms with Crippen molar-refractivity contribution >= 4 is 5.96 Å². The Labute approximate surface area is 136 Å². The van der Waals surface area contributed by atoms with Crippen molar-refractivity contribution in [3.05, 3.63) is 41.7 Å². The van der Waals surface area contributed by atoms with Crippen molar-refractivity contribution < 1.29 is 0 Å². The van der Waals surface area contributed by atoms with Crippen molar-refractivity contribution in [2.75, 3.05) is 7.05 Å². The second-order valence-corrected chi connectivity index (χ2v) is 5.60. The highest BCUT2D eigenvalue weighted by atomic mass is 15.3. The number of nitrogens with one attached hydrogen (secondary N) is 2. The maximum atomic E-state index is 4.32. The standard InChI is InChI=1S/C16H23N7/c1-17-16(19-11-13-7-4-5-9-18-13)20-12-15-22-21-14-8-3-2-6-10-23(14)15/h4-5,7,9H,2-3,6,8,10-12H2,1H3,(H2,17,19,20). The molecule has 0 aliphatic carbocycles. The molecule has 0 amide bonds. The highest BCUT2D eigenvalue weighted by molar-refractivity contribution is 5.79. The number of hydrogen-bond acceptors (Lipinski definition) is 4. The van der Waals surface area contributed by atoms with Crippen LogP contribution >= 0.6 is 0 Å². The molecule has 0 aromatic carbocycles. The van der Waals surface area contributed by atoms with Crippen LogP contribution in [0.1, 0.15) is 36.6 Å². The maximum Gasteiger partial charge on any atom is 0.191 e. The SMILES string of the molecule is CN=C(NCc1ccccn1)NCc1nnc2n1CCCCC2. The fraction of sp³-hybridized carbons (Fsp3) is 0.500. The summed E-state index contributed by atoms with van der Waals surface area (Å²) in [6.45, 7) is 2.27. The molecule has 1 aliphatic rings. The Kier molecular flexibility index (Phi) is 5.18. The van der Waals surface area contributed by atoms with Crippen molar-refractivity contribution in [1.82, 2.24) is 30.4 Å². The van der Waals surface area contributed by atoms with E-state index >= 15 is 0 Å². The minimum absolute atomic E-state index is 0.620. The largest absolute Gasteiger partial charge is 0.351 e. The van der Waals surface area contributed by atoms with Crippen molar-refractivity contribution in [3.63, 3.8) is 0 Å². The predicted molar refractivity (Wildman–Crippen MR) is 88.9 cm³/mol. The Hall–Kier alpha value is -2.44. The monoisotopic (exact) mass is 313 g/mol. The van der Waals surface area contributed by atoms with Gasteiger partial charge in [0.2, 0.25) is 0 Å². The van der Waals surface area contributed by atoms with Crippen LogP contribution < -0.4 is 10.6 Å². The first-order valence-corrected chi connectivity index (χ1v) is 8.12. The fourth-order valence-electron chi connectivity index (χ4n) is 2.74. The van der Waals surface area contributed by atoms with Crippen LogP contribution in [0.3, 0.4) is 0 Å². The third-order valence-corrected chi connectivity index (χ3v) is 3.99. The molecule has 122 valence electrons. The van der Waals surface area contributed by atoms with Gasteiger partial charge in [0, 0.05) is 26.2 Å². The minimum Gasteiger partial charge on any atom is -0.351 e. The van der Waals surface area contributed by atoms with Gasteiger partial charge in [-0.3, -0.25) is 9.98 Å². The Bertz CT molecular complexity index is 648. The molecule has 1 aliphatic heterocycles. The molecule has 7 heteroatoms. The van der Waals surface area contributed by atoms with Gasteiger partial charge < -0.3 is 15.2 Å². The van der Waals surface area contributed by atoms with Gasteiger partial charge in [0.05, 0.1) is 18.8 Å². The van der Waals surface area contributed by atoms with E-state index in [4.69, 9.17) is 0 Å². The summed E-state index contributed by atoms with van der Waals surface area (Å²) in [6, 6.07) is 5.87. The molecule has 3 heterocycles. The summed E-state index contributed by atoms with van der Waals surface area (Å²) < 4.78 is 2.24. The van der Waals surface area contributed by atoms with E-state index < -0.39 is 0 Å². The van der Waals surface area contributed by atoms with Gasteiger partial charge in [0.25, 0.3) is 0 Å². The van der Waals surface area contributed by atoms with Crippen LogP contribution in [0.4, 0.5) is 0 Å². The van der Waals surface area contributed by atoms with E-state index in [-0.39, 0.29) is 0 Å². The summed E-state index contributed by atoms with van der Waals surface area (Å²) in [5.41, 5.74) is 0.979. The number of aryl methyl sites for hydroxylation is 1. The van der Waals surface area contributed by atoms with Crippen LogP contribution in [0.15, 0.2) is 29.4 Å². The molecular formula is C16H23N7. The van der Waals surface area contributed by atoms with Crippen molar-refractivity contribution in [2.24, 2.45) is 4.99 Å². The molecule has 0 bridgehead atoms. The van der Waals surface area contributed by atoms with E-state index in [2.05, 4.69) is 35.4 Å². The number of aliphatic imine (C=N–C) groups is 1. The molecule has 2 N–H and O–H groups in total. The second kappa shape index (κ2) is 7.71. The van der Waals surface area contributed by atoms with E-state index in [0.717, 1.165) is 36.3 Å². The van der Waals surface area contributed by atoms with Gasteiger partial charge in [-0.15, -0.1) is 10.2 Å². The lowest BCUT2D eigenvalue weighted by Crippen LogP contribution is -2.37. The lowest BCUT2D eigenvalue weighted by Gasteiger charge is -2.12. The Morgan fingerprint density at radius 2 is 2.09 bits per heavy atom. The molecular weight excluding hydrogens is 290 g/mol. The predicted octanol–water partition coefficient (Wildman–Crippen LogP) is 1.26. The molecule has 0 unspecified atom stereocenters. The number of aromatic nitrogens is 4. The van der Waals surface area contributed by atoms with E-state index in [0.29, 0.717) is 13.1 Å². The van der Waals surface area contributed by atoms with Crippen LogP contribution in [0.5, 0.6) is 0 Å². The smallest absolute Gasteiger partial charge is 0.191 e. The quantitative estimate of drug-likeness (QED) is 0.656. The van der Waals surface area contributed by atoms with Gasteiger partial charge in [-0.1, -0.05) is 12.5 Å². The van der Waals surface area contributed by atoms with Crippen LogP contribution in [-0.2, 0) is 26.1 Å². The van der Waals surface area contributed by atoms with Gasteiger partial charge in [-0.2, -0.15) is 0 Å². The Balaban J connectivity index is 1.55. The summed E-state index contributed by atoms with van der Waals surface area (Å²) in [4.78, 5) is 8.53. The van der Waals surface area contributed by atoms with Crippen LogP contribution in [0.2, 0.25) is 0 Å². The number of hydrogen-bond donors (Lipinski definition) is 2. The summed E-state index contributed by atoms with van der Waals surface area (Å²) in [6.07, 6.45) is 6.49. The number of guanidine groups is 1. The van der Waals surface area contributed by atoms with Crippen molar-refractivity contribution in [1.29, 1.82) is 0 Å². The molecule has 7 nitrogen and oxygen atoms in total.